The molecular formula is C13H16N2O4S. The van der Waals surface area contributed by atoms with Crippen LogP contribution in [0.5, 0.6) is 0 Å². The Labute approximate surface area is 118 Å². The molecule has 0 aliphatic carbocycles. The first-order valence-corrected chi connectivity index (χ1v) is 7.75. The minimum Gasteiger partial charge on any atom is -0.480 e. The van der Waals surface area contributed by atoms with Crippen molar-refractivity contribution in [3.8, 4) is 6.07 Å². The summed E-state index contributed by atoms with van der Waals surface area (Å²) in [5.41, 5.74) is 0.804. The van der Waals surface area contributed by atoms with Gasteiger partial charge >= 0.3 is 5.97 Å². The van der Waals surface area contributed by atoms with Crippen LogP contribution >= 0.6 is 0 Å². The number of nitriles is 1. The third kappa shape index (κ3) is 4.99. The van der Waals surface area contributed by atoms with E-state index in [0.717, 1.165) is 0 Å². The summed E-state index contributed by atoms with van der Waals surface area (Å²) in [6, 6.07) is 7.01. The van der Waals surface area contributed by atoms with Crippen LogP contribution in [0.4, 0.5) is 0 Å². The lowest BCUT2D eigenvalue weighted by molar-refractivity contribution is -0.139. The van der Waals surface area contributed by atoms with Gasteiger partial charge in [0, 0.05) is 0 Å². The van der Waals surface area contributed by atoms with Crippen molar-refractivity contribution in [2.24, 2.45) is 0 Å². The van der Waals surface area contributed by atoms with Crippen molar-refractivity contribution in [3.05, 3.63) is 35.4 Å². The van der Waals surface area contributed by atoms with Crippen molar-refractivity contribution in [2.75, 3.05) is 0 Å². The zero-order chi connectivity index (χ0) is 15.2. The molecule has 0 aliphatic heterocycles. The number of rotatable bonds is 7. The second kappa shape index (κ2) is 7.03. The third-order valence-corrected chi connectivity index (χ3v) is 3.97. The van der Waals surface area contributed by atoms with E-state index in [1.165, 1.54) is 6.07 Å². The Kier molecular flexibility index (Phi) is 5.67. The van der Waals surface area contributed by atoms with Crippen molar-refractivity contribution in [3.63, 3.8) is 0 Å². The summed E-state index contributed by atoms with van der Waals surface area (Å²) in [4.78, 5) is 11.0. The lowest BCUT2D eigenvalue weighted by Crippen LogP contribution is -2.41. The molecule has 0 spiro atoms. The number of carboxylic acids is 1. The molecule has 6 nitrogen and oxygen atoms in total. The van der Waals surface area contributed by atoms with Crippen molar-refractivity contribution in [1.29, 1.82) is 5.26 Å². The Morgan fingerprint density at radius 1 is 1.50 bits per heavy atom. The highest BCUT2D eigenvalue weighted by Gasteiger charge is 2.23. The number of nitrogens with zero attached hydrogens (tertiary/aromatic N) is 1. The molecule has 20 heavy (non-hydrogen) atoms. The monoisotopic (exact) mass is 296 g/mol. The Morgan fingerprint density at radius 3 is 2.75 bits per heavy atom. The van der Waals surface area contributed by atoms with Crippen LogP contribution in [0.3, 0.4) is 0 Å². The molecule has 0 fully saturated rings. The number of carboxylic acid groups (broad SMARTS) is 1. The van der Waals surface area contributed by atoms with E-state index in [4.69, 9.17) is 10.4 Å². The fourth-order valence-corrected chi connectivity index (χ4v) is 3.08. The highest BCUT2D eigenvalue weighted by atomic mass is 32.2. The first kappa shape index (κ1) is 16.1. The topological polar surface area (TPSA) is 107 Å². The molecule has 7 heteroatoms. The minimum absolute atomic E-state index is 0.229. The maximum Gasteiger partial charge on any atom is 0.321 e. The Balaban J connectivity index is 2.83. The average molecular weight is 296 g/mol. The summed E-state index contributed by atoms with van der Waals surface area (Å²) in [5.74, 6) is -1.54. The van der Waals surface area contributed by atoms with E-state index in [-0.39, 0.29) is 12.2 Å². The van der Waals surface area contributed by atoms with Gasteiger partial charge in [0.2, 0.25) is 10.0 Å². The van der Waals surface area contributed by atoms with Gasteiger partial charge in [0.25, 0.3) is 0 Å². The summed E-state index contributed by atoms with van der Waals surface area (Å²) in [6.07, 6.45) is 0.788. The van der Waals surface area contributed by atoms with Gasteiger partial charge in [-0.1, -0.05) is 25.5 Å². The minimum atomic E-state index is -3.77. The SMILES string of the molecule is CCC[C@H](NS(=O)(=O)Cc1cccc(C#N)c1)C(=O)O. The van der Waals surface area contributed by atoms with Crippen LogP contribution in [0.25, 0.3) is 0 Å². The standard InChI is InChI=1S/C13H16N2O4S/c1-2-4-12(13(16)17)15-20(18,19)9-11-6-3-5-10(7-11)8-14/h3,5-7,12,15H,2,4,9H2,1H3,(H,16,17)/t12-/m0/s1. The Bertz CT molecular complexity index is 620. The van der Waals surface area contributed by atoms with Gasteiger partial charge in [-0.15, -0.1) is 0 Å². The van der Waals surface area contributed by atoms with Gasteiger partial charge in [-0.05, 0) is 24.1 Å². The van der Waals surface area contributed by atoms with Gasteiger partial charge in [0.05, 0.1) is 17.4 Å². The fraction of sp³-hybridized carbons (Fsp3) is 0.385. The summed E-state index contributed by atoms with van der Waals surface area (Å²) in [6.45, 7) is 1.78. The molecule has 0 unspecified atom stereocenters. The van der Waals surface area contributed by atoms with E-state index in [9.17, 15) is 13.2 Å². The highest BCUT2D eigenvalue weighted by Crippen LogP contribution is 2.09. The molecular weight excluding hydrogens is 280 g/mol. The van der Waals surface area contributed by atoms with Crippen LogP contribution in [-0.2, 0) is 20.6 Å². The highest BCUT2D eigenvalue weighted by molar-refractivity contribution is 7.88. The molecule has 0 saturated heterocycles. The molecule has 1 aromatic rings. The van der Waals surface area contributed by atoms with Crippen LogP contribution in [0.1, 0.15) is 30.9 Å². The van der Waals surface area contributed by atoms with Crippen LogP contribution in [0.2, 0.25) is 0 Å². The van der Waals surface area contributed by atoms with E-state index >= 15 is 0 Å². The van der Waals surface area contributed by atoms with Crippen LogP contribution in [-0.4, -0.2) is 25.5 Å². The smallest absolute Gasteiger partial charge is 0.321 e. The van der Waals surface area contributed by atoms with Gasteiger partial charge < -0.3 is 5.11 Å². The van der Waals surface area contributed by atoms with Crippen molar-refractivity contribution in [1.82, 2.24) is 4.72 Å². The zero-order valence-electron chi connectivity index (χ0n) is 11.0. The lowest BCUT2D eigenvalue weighted by atomic mass is 10.2. The lowest BCUT2D eigenvalue weighted by Gasteiger charge is -2.13. The maximum absolute atomic E-state index is 11.9. The molecule has 2 N–H and O–H groups in total. The molecule has 1 atom stereocenters. The first-order chi connectivity index (χ1) is 9.38. The number of sulfonamides is 1. The largest absolute Gasteiger partial charge is 0.480 e. The van der Waals surface area contributed by atoms with Gasteiger partial charge in [0.1, 0.15) is 6.04 Å². The van der Waals surface area contributed by atoms with E-state index < -0.39 is 22.0 Å². The summed E-state index contributed by atoms with van der Waals surface area (Å²) < 4.78 is 26.0. The third-order valence-electron chi connectivity index (χ3n) is 2.61. The number of hydrogen-bond acceptors (Lipinski definition) is 4. The molecule has 0 radical (unpaired) electrons. The normalized spacial score (nSPS) is 12.6. The fourth-order valence-electron chi connectivity index (χ4n) is 1.73. The number of nitrogens with one attached hydrogen (secondary N) is 1. The predicted molar refractivity (Wildman–Crippen MR) is 73.2 cm³/mol. The van der Waals surface area contributed by atoms with Gasteiger partial charge in [-0.25, -0.2) is 13.1 Å². The second-order valence-electron chi connectivity index (χ2n) is 4.37. The van der Waals surface area contributed by atoms with Crippen molar-refractivity contribution in [2.45, 2.75) is 31.6 Å². The van der Waals surface area contributed by atoms with Crippen molar-refractivity contribution < 1.29 is 18.3 Å². The number of aliphatic carboxylic acids is 1. The van der Waals surface area contributed by atoms with Gasteiger partial charge in [0.15, 0.2) is 0 Å². The maximum atomic E-state index is 11.9. The van der Waals surface area contributed by atoms with E-state index in [1.54, 1.807) is 25.1 Å². The number of carbonyl (C=O) groups is 1. The summed E-state index contributed by atoms with van der Waals surface area (Å²) in [7, 11) is -3.77. The van der Waals surface area contributed by atoms with Gasteiger partial charge in [-0.2, -0.15) is 5.26 Å². The Morgan fingerprint density at radius 2 is 2.20 bits per heavy atom. The predicted octanol–water partition coefficient (Wildman–Crippen LogP) is 1.23. The molecule has 0 saturated carbocycles. The molecule has 0 aliphatic rings. The van der Waals surface area contributed by atoms with Crippen LogP contribution in [0.15, 0.2) is 24.3 Å². The molecule has 108 valence electrons. The quantitative estimate of drug-likeness (QED) is 0.787. The summed E-state index contributed by atoms with van der Waals surface area (Å²) in [5, 5.41) is 17.7. The van der Waals surface area contributed by atoms with Crippen LogP contribution < -0.4 is 4.72 Å². The van der Waals surface area contributed by atoms with E-state index in [2.05, 4.69) is 4.72 Å². The average Bonchev–Trinajstić information content (AvgIpc) is 2.37. The molecule has 0 aromatic heterocycles. The first-order valence-electron chi connectivity index (χ1n) is 6.10. The molecule has 1 aromatic carbocycles. The Hall–Kier alpha value is -1.91. The number of benzene rings is 1. The zero-order valence-corrected chi connectivity index (χ0v) is 11.9. The van der Waals surface area contributed by atoms with E-state index in [0.29, 0.717) is 17.5 Å². The van der Waals surface area contributed by atoms with Crippen LogP contribution in [0, 0.1) is 11.3 Å². The summed E-state index contributed by atoms with van der Waals surface area (Å²) >= 11 is 0. The molecule has 1 rings (SSSR count). The van der Waals surface area contributed by atoms with Gasteiger partial charge in [-0.3, -0.25) is 4.79 Å². The molecule has 0 heterocycles. The molecule has 0 bridgehead atoms. The van der Waals surface area contributed by atoms with Crippen molar-refractivity contribution >= 4 is 16.0 Å². The number of hydrogen-bond donors (Lipinski definition) is 2. The molecule has 0 amide bonds. The van der Waals surface area contributed by atoms with E-state index in [1.807, 2.05) is 6.07 Å². The second-order valence-corrected chi connectivity index (χ2v) is 6.12.